The maximum absolute atomic E-state index is 12.0. The van der Waals surface area contributed by atoms with Crippen molar-refractivity contribution in [1.29, 1.82) is 0 Å². The van der Waals surface area contributed by atoms with Crippen molar-refractivity contribution in [1.82, 2.24) is 25.9 Å². The van der Waals surface area contributed by atoms with Crippen LogP contribution in [0.1, 0.15) is 29.1 Å². The summed E-state index contributed by atoms with van der Waals surface area (Å²) in [6.07, 6.45) is 0. The van der Waals surface area contributed by atoms with Gasteiger partial charge in [0.15, 0.2) is 5.82 Å². The van der Waals surface area contributed by atoms with Gasteiger partial charge in [0.2, 0.25) is 0 Å². The van der Waals surface area contributed by atoms with Crippen molar-refractivity contribution in [2.24, 2.45) is 0 Å². The smallest absolute Gasteiger partial charge is 0.253 e. The summed E-state index contributed by atoms with van der Waals surface area (Å²) in [5.41, 5.74) is 0.550. The number of rotatable bonds is 3. The zero-order chi connectivity index (χ0) is 13.1. The minimum Gasteiger partial charge on any atom is -0.342 e. The van der Waals surface area contributed by atoms with Crippen molar-refractivity contribution in [2.75, 3.05) is 0 Å². The lowest BCUT2D eigenvalue weighted by molar-refractivity contribution is 0.0937. The van der Waals surface area contributed by atoms with Crippen molar-refractivity contribution in [3.63, 3.8) is 0 Å². The van der Waals surface area contributed by atoms with Gasteiger partial charge in [0.05, 0.1) is 11.6 Å². The second kappa shape index (κ2) is 5.57. The van der Waals surface area contributed by atoms with E-state index in [1.165, 1.54) is 0 Å². The van der Waals surface area contributed by atoms with Crippen LogP contribution in [0.15, 0.2) is 27.1 Å². The maximum Gasteiger partial charge on any atom is 0.253 e. The summed E-state index contributed by atoms with van der Waals surface area (Å²) < 4.78 is 1.62. The lowest BCUT2D eigenvalue weighted by Crippen LogP contribution is -2.27. The first-order chi connectivity index (χ1) is 8.58. The van der Waals surface area contributed by atoms with Crippen LogP contribution in [-0.2, 0) is 0 Å². The fourth-order valence-electron chi connectivity index (χ4n) is 1.37. The molecule has 1 amide bonds. The summed E-state index contributed by atoms with van der Waals surface area (Å²) in [6, 6.07) is 5.03. The van der Waals surface area contributed by atoms with Gasteiger partial charge in [-0.2, -0.15) is 5.21 Å². The first kappa shape index (κ1) is 13.2. The highest BCUT2D eigenvalue weighted by atomic mass is 79.9. The number of tetrazole rings is 1. The molecule has 1 aromatic carbocycles. The van der Waals surface area contributed by atoms with Crippen LogP contribution < -0.4 is 5.32 Å². The highest BCUT2D eigenvalue weighted by Gasteiger charge is 2.16. The van der Waals surface area contributed by atoms with Gasteiger partial charge in [-0.05, 0) is 41.1 Å². The Morgan fingerprint density at radius 3 is 2.83 bits per heavy atom. The summed E-state index contributed by atoms with van der Waals surface area (Å²) in [5.74, 6) is 0.239. The molecule has 1 heterocycles. The van der Waals surface area contributed by atoms with Gasteiger partial charge < -0.3 is 5.32 Å². The van der Waals surface area contributed by atoms with Crippen LogP contribution in [0.25, 0.3) is 0 Å². The minimum absolute atomic E-state index is 0.202. The molecule has 2 aromatic rings. The third kappa shape index (κ3) is 2.94. The van der Waals surface area contributed by atoms with E-state index in [0.717, 1.165) is 8.95 Å². The topological polar surface area (TPSA) is 83.6 Å². The van der Waals surface area contributed by atoms with Crippen molar-refractivity contribution < 1.29 is 4.79 Å². The molecular formula is C10H9Br2N5O. The van der Waals surface area contributed by atoms with Crippen LogP contribution in [0.4, 0.5) is 0 Å². The number of nitrogens with zero attached hydrogens (tertiary/aromatic N) is 3. The number of amides is 1. The number of benzene rings is 1. The number of halogens is 2. The molecule has 0 saturated heterocycles. The van der Waals surface area contributed by atoms with E-state index in [9.17, 15) is 4.79 Å². The average molecular weight is 375 g/mol. The van der Waals surface area contributed by atoms with E-state index in [-0.39, 0.29) is 11.9 Å². The van der Waals surface area contributed by atoms with Gasteiger partial charge in [-0.3, -0.25) is 4.79 Å². The van der Waals surface area contributed by atoms with Gasteiger partial charge in [0.25, 0.3) is 5.91 Å². The van der Waals surface area contributed by atoms with Crippen LogP contribution in [-0.4, -0.2) is 26.5 Å². The van der Waals surface area contributed by atoms with Gasteiger partial charge in [-0.1, -0.05) is 21.1 Å². The van der Waals surface area contributed by atoms with E-state index in [4.69, 9.17) is 0 Å². The molecule has 8 heteroatoms. The number of aromatic nitrogens is 4. The monoisotopic (exact) mass is 373 g/mol. The van der Waals surface area contributed by atoms with Crippen LogP contribution in [0.2, 0.25) is 0 Å². The third-order valence-corrected chi connectivity index (χ3v) is 3.42. The first-order valence-electron chi connectivity index (χ1n) is 5.07. The van der Waals surface area contributed by atoms with Gasteiger partial charge in [-0.25, -0.2) is 0 Å². The second-order valence-electron chi connectivity index (χ2n) is 3.59. The number of carbonyl (C=O) groups excluding carboxylic acids is 1. The molecular weight excluding hydrogens is 366 g/mol. The minimum atomic E-state index is -0.313. The summed E-state index contributed by atoms with van der Waals surface area (Å²) in [6.45, 7) is 1.79. The zero-order valence-electron chi connectivity index (χ0n) is 9.32. The van der Waals surface area contributed by atoms with Crippen LogP contribution in [0, 0.1) is 0 Å². The van der Waals surface area contributed by atoms with Crippen molar-refractivity contribution in [3.05, 3.63) is 38.5 Å². The molecule has 0 spiro atoms. The highest BCUT2D eigenvalue weighted by Crippen LogP contribution is 2.22. The Balaban J connectivity index is 2.12. The molecule has 2 N–H and O–H groups in total. The molecule has 0 aliphatic carbocycles. The van der Waals surface area contributed by atoms with Gasteiger partial charge in [-0.15, -0.1) is 10.2 Å². The molecule has 0 bridgehead atoms. The van der Waals surface area contributed by atoms with Gasteiger partial charge >= 0.3 is 0 Å². The van der Waals surface area contributed by atoms with Crippen LogP contribution in [0.3, 0.4) is 0 Å². The number of aromatic amines is 1. The predicted octanol–water partition coefficient (Wildman–Crippen LogP) is 2.22. The molecule has 1 unspecified atom stereocenters. The molecule has 0 aliphatic heterocycles. The molecule has 0 aliphatic rings. The molecule has 0 saturated carbocycles. The van der Waals surface area contributed by atoms with Crippen molar-refractivity contribution >= 4 is 37.8 Å². The second-order valence-corrected chi connectivity index (χ2v) is 5.36. The Kier molecular flexibility index (Phi) is 4.07. The largest absolute Gasteiger partial charge is 0.342 e. The molecule has 18 heavy (non-hydrogen) atoms. The van der Waals surface area contributed by atoms with E-state index < -0.39 is 0 Å². The van der Waals surface area contributed by atoms with E-state index in [1.807, 2.05) is 6.07 Å². The maximum atomic E-state index is 12.0. The highest BCUT2D eigenvalue weighted by molar-refractivity contribution is 9.11. The Morgan fingerprint density at radius 2 is 2.22 bits per heavy atom. The van der Waals surface area contributed by atoms with Crippen LogP contribution in [0.5, 0.6) is 0 Å². The number of hydrogen-bond donors (Lipinski definition) is 2. The normalized spacial score (nSPS) is 12.2. The number of H-pyrrole nitrogens is 1. The SMILES string of the molecule is CC(NC(=O)c1ccc(Br)cc1Br)c1nn[nH]n1. The van der Waals surface area contributed by atoms with E-state index in [0.29, 0.717) is 11.4 Å². The van der Waals surface area contributed by atoms with Gasteiger partial charge in [0, 0.05) is 8.95 Å². The number of carbonyl (C=O) groups is 1. The van der Waals surface area contributed by atoms with Crippen molar-refractivity contribution in [2.45, 2.75) is 13.0 Å². The summed E-state index contributed by atoms with van der Waals surface area (Å²) in [5, 5.41) is 16.2. The molecule has 94 valence electrons. The van der Waals surface area contributed by atoms with Crippen LogP contribution >= 0.6 is 31.9 Å². The molecule has 1 atom stereocenters. The standard InChI is InChI=1S/C10H9Br2N5O/c1-5(9-14-16-17-15-9)13-10(18)7-3-2-6(11)4-8(7)12/h2-5H,1H3,(H,13,18)(H,14,15,16,17). The zero-order valence-corrected chi connectivity index (χ0v) is 12.5. The van der Waals surface area contributed by atoms with E-state index in [1.54, 1.807) is 19.1 Å². The Labute approximate surface area is 120 Å². The predicted molar refractivity (Wildman–Crippen MR) is 71.9 cm³/mol. The lowest BCUT2D eigenvalue weighted by Gasteiger charge is -2.11. The first-order valence-corrected chi connectivity index (χ1v) is 6.66. The summed E-state index contributed by atoms with van der Waals surface area (Å²) >= 11 is 6.68. The summed E-state index contributed by atoms with van der Waals surface area (Å²) in [7, 11) is 0. The average Bonchev–Trinajstić information content (AvgIpc) is 2.81. The molecule has 0 fully saturated rings. The Bertz CT molecular complexity index is 557. The van der Waals surface area contributed by atoms with E-state index in [2.05, 4.69) is 57.8 Å². The van der Waals surface area contributed by atoms with E-state index >= 15 is 0 Å². The lowest BCUT2D eigenvalue weighted by atomic mass is 10.2. The molecule has 1 aromatic heterocycles. The van der Waals surface area contributed by atoms with Gasteiger partial charge in [0.1, 0.15) is 0 Å². The van der Waals surface area contributed by atoms with Crippen molar-refractivity contribution in [3.8, 4) is 0 Å². The Morgan fingerprint density at radius 1 is 1.44 bits per heavy atom. The fourth-order valence-corrected chi connectivity index (χ4v) is 2.59. The third-order valence-electron chi connectivity index (χ3n) is 2.27. The Hall–Kier alpha value is -1.28. The fraction of sp³-hybridized carbons (Fsp3) is 0.200. The summed E-state index contributed by atoms with van der Waals surface area (Å²) in [4.78, 5) is 12.0. The molecule has 6 nitrogen and oxygen atoms in total. The molecule has 2 rings (SSSR count). The molecule has 0 radical (unpaired) electrons. The number of nitrogens with one attached hydrogen (secondary N) is 2. The number of hydrogen-bond acceptors (Lipinski definition) is 4. The quantitative estimate of drug-likeness (QED) is 0.862.